The van der Waals surface area contributed by atoms with Gasteiger partial charge in [-0.15, -0.1) is 23.7 Å². The predicted molar refractivity (Wildman–Crippen MR) is 111 cm³/mol. The number of thiazole rings is 1. The summed E-state index contributed by atoms with van der Waals surface area (Å²) < 4.78 is 13.1. The van der Waals surface area contributed by atoms with E-state index in [9.17, 15) is 9.18 Å². The van der Waals surface area contributed by atoms with E-state index in [2.05, 4.69) is 10.3 Å². The van der Waals surface area contributed by atoms with E-state index >= 15 is 0 Å². The van der Waals surface area contributed by atoms with Gasteiger partial charge in [0.2, 0.25) is 5.91 Å². The Balaban J connectivity index is 0.00000261. The van der Waals surface area contributed by atoms with Gasteiger partial charge in [-0.25, -0.2) is 9.37 Å². The SMILES string of the molecule is Cc1nc(-c2ccc(F)cc2)sc1C(C)NC(=O)C1CCCCC1(C)N.Cl. The molecule has 2 aromatic rings. The molecule has 0 spiro atoms. The van der Waals surface area contributed by atoms with Crippen molar-refractivity contribution in [3.05, 3.63) is 40.7 Å². The Labute approximate surface area is 170 Å². The van der Waals surface area contributed by atoms with Crippen LogP contribution in [0.25, 0.3) is 10.6 Å². The second-order valence-electron chi connectivity index (χ2n) is 7.51. The molecule has 4 nitrogen and oxygen atoms in total. The number of carbonyl (C=O) groups excluding carboxylic acids is 1. The molecule has 1 fully saturated rings. The van der Waals surface area contributed by atoms with Crippen molar-refractivity contribution in [1.29, 1.82) is 0 Å². The van der Waals surface area contributed by atoms with Crippen LogP contribution in [-0.4, -0.2) is 16.4 Å². The molecule has 1 saturated carbocycles. The predicted octanol–water partition coefficient (Wildman–Crippen LogP) is 4.76. The summed E-state index contributed by atoms with van der Waals surface area (Å²) in [4.78, 5) is 18.4. The van der Waals surface area contributed by atoms with E-state index in [1.54, 1.807) is 12.1 Å². The Hall–Kier alpha value is -1.50. The number of halogens is 2. The Morgan fingerprint density at radius 3 is 2.67 bits per heavy atom. The lowest BCUT2D eigenvalue weighted by Gasteiger charge is -2.37. The maximum absolute atomic E-state index is 13.1. The molecule has 0 radical (unpaired) electrons. The molecular formula is C20H27ClFN3OS. The van der Waals surface area contributed by atoms with Gasteiger partial charge >= 0.3 is 0 Å². The maximum Gasteiger partial charge on any atom is 0.225 e. The van der Waals surface area contributed by atoms with Crippen molar-refractivity contribution in [2.75, 3.05) is 0 Å². The van der Waals surface area contributed by atoms with Gasteiger partial charge in [0.05, 0.1) is 22.5 Å². The first-order chi connectivity index (χ1) is 12.3. The number of aryl methyl sites for hydroxylation is 1. The lowest BCUT2D eigenvalue weighted by Crippen LogP contribution is -2.53. The van der Waals surface area contributed by atoms with E-state index < -0.39 is 5.54 Å². The Morgan fingerprint density at radius 2 is 2.04 bits per heavy atom. The molecule has 3 atom stereocenters. The molecule has 1 aliphatic carbocycles. The van der Waals surface area contributed by atoms with E-state index in [0.717, 1.165) is 46.8 Å². The summed E-state index contributed by atoms with van der Waals surface area (Å²) >= 11 is 1.54. The topological polar surface area (TPSA) is 68.0 Å². The molecule has 0 aliphatic heterocycles. The van der Waals surface area contributed by atoms with Gasteiger partial charge in [0.15, 0.2) is 0 Å². The van der Waals surface area contributed by atoms with E-state index in [4.69, 9.17) is 5.73 Å². The molecule has 1 heterocycles. The van der Waals surface area contributed by atoms with Gasteiger partial charge in [0.25, 0.3) is 0 Å². The fourth-order valence-electron chi connectivity index (χ4n) is 3.69. The number of aromatic nitrogens is 1. The first-order valence-corrected chi connectivity index (χ1v) is 9.92. The number of rotatable bonds is 4. The lowest BCUT2D eigenvalue weighted by molar-refractivity contribution is -0.128. The van der Waals surface area contributed by atoms with Gasteiger partial charge in [0, 0.05) is 11.1 Å². The first-order valence-electron chi connectivity index (χ1n) is 9.10. The Bertz CT molecular complexity index is 791. The maximum atomic E-state index is 13.1. The molecule has 0 bridgehead atoms. The molecule has 7 heteroatoms. The molecular weight excluding hydrogens is 385 g/mol. The molecule has 148 valence electrons. The Morgan fingerprint density at radius 1 is 1.37 bits per heavy atom. The number of benzene rings is 1. The van der Waals surface area contributed by atoms with Crippen LogP contribution in [0.3, 0.4) is 0 Å². The minimum Gasteiger partial charge on any atom is -0.348 e. The highest BCUT2D eigenvalue weighted by atomic mass is 35.5. The van der Waals surface area contributed by atoms with Gasteiger partial charge in [-0.3, -0.25) is 4.79 Å². The van der Waals surface area contributed by atoms with Crippen molar-refractivity contribution < 1.29 is 9.18 Å². The summed E-state index contributed by atoms with van der Waals surface area (Å²) in [7, 11) is 0. The van der Waals surface area contributed by atoms with Gasteiger partial charge in [-0.2, -0.15) is 0 Å². The fourth-order valence-corrected chi connectivity index (χ4v) is 4.77. The third-order valence-electron chi connectivity index (χ3n) is 5.25. The van der Waals surface area contributed by atoms with Crippen LogP contribution in [0.15, 0.2) is 24.3 Å². The summed E-state index contributed by atoms with van der Waals surface area (Å²) in [6, 6.07) is 6.18. The largest absolute Gasteiger partial charge is 0.348 e. The number of carbonyl (C=O) groups is 1. The van der Waals surface area contributed by atoms with Gasteiger partial charge in [0.1, 0.15) is 10.8 Å². The smallest absolute Gasteiger partial charge is 0.225 e. The zero-order valence-electron chi connectivity index (χ0n) is 15.9. The van der Waals surface area contributed by atoms with E-state index in [1.807, 2.05) is 20.8 Å². The molecule has 3 rings (SSSR count). The number of nitrogens with two attached hydrogens (primary N) is 1. The van der Waals surface area contributed by atoms with Crippen LogP contribution in [0.5, 0.6) is 0 Å². The van der Waals surface area contributed by atoms with Gasteiger partial charge < -0.3 is 11.1 Å². The van der Waals surface area contributed by atoms with Crippen molar-refractivity contribution in [2.45, 2.75) is 58.0 Å². The molecule has 1 amide bonds. The average molecular weight is 412 g/mol. The minimum absolute atomic E-state index is 0. The van der Waals surface area contributed by atoms with Crippen LogP contribution in [0.2, 0.25) is 0 Å². The van der Waals surface area contributed by atoms with Crippen molar-refractivity contribution in [2.24, 2.45) is 11.7 Å². The number of hydrogen-bond acceptors (Lipinski definition) is 4. The molecule has 3 unspecified atom stereocenters. The molecule has 1 aromatic heterocycles. The Kier molecular flexibility index (Phi) is 7.00. The number of nitrogens with one attached hydrogen (secondary N) is 1. The molecule has 1 aliphatic rings. The number of hydrogen-bond donors (Lipinski definition) is 2. The van der Waals surface area contributed by atoms with Crippen LogP contribution in [0.1, 0.15) is 56.1 Å². The quantitative estimate of drug-likeness (QED) is 0.761. The normalized spacial score (nSPS) is 23.4. The summed E-state index contributed by atoms with van der Waals surface area (Å²) in [6.45, 7) is 5.89. The summed E-state index contributed by atoms with van der Waals surface area (Å²) in [5.74, 6) is -0.387. The van der Waals surface area contributed by atoms with Crippen LogP contribution in [0, 0.1) is 18.7 Å². The highest BCUT2D eigenvalue weighted by Gasteiger charge is 2.38. The second kappa shape index (κ2) is 8.67. The standard InChI is InChI=1S/C20H26FN3OS.ClH/c1-12(23-18(25)16-6-4-5-11-20(16,3)22)17-13(2)24-19(26-17)14-7-9-15(21)10-8-14;/h7-10,12,16H,4-6,11,22H2,1-3H3,(H,23,25);1H. The zero-order chi connectivity index (χ0) is 18.9. The van der Waals surface area contributed by atoms with Crippen molar-refractivity contribution in [1.82, 2.24) is 10.3 Å². The van der Waals surface area contributed by atoms with Crippen LogP contribution >= 0.6 is 23.7 Å². The molecule has 0 saturated heterocycles. The summed E-state index contributed by atoms with van der Waals surface area (Å²) in [5.41, 5.74) is 7.69. The molecule has 3 N–H and O–H groups in total. The van der Waals surface area contributed by atoms with E-state index in [1.165, 1.54) is 23.5 Å². The van der Waals surface area contributed by atoms with Gasteiger partial charge in [-0.05, 0) is 57.9 Å². The summed E-state index contributed by atoms with van der Waals surface area (Å²) in [5, 5.41) is 3.96. The van der Waals surface area contributed by atoms with Crippen molar-refractivity contribution in [3.63, 3.8) is 0 Å². The highest BCUT2D eigenvalue weighted by molar-refractivity contribution is 7.15. The zero-order valence-corrected chi connectivity index (χ0v) is 17.6. The molecule has 27 heavy (non-hydrogen) atoms. The van der Waals surface area contributed by atoms with Crippen molar-refractivity contribution in [3.8, 4) is 10.6 Å². The third kappa shape index (κ3) is 4.86. The highest BCUT2D eigenvalue weighted by Crippen LogP contribution is 2.34. The number of nitrogens with zero attached hydrogens (tertiary/aromatic N) is 1. The number of amides is 1. The third-order valence-corrected chi connectivity index (χ3v) is 6.64. The van der Waals surface area contributed by atoms with E-state index in [-0.39, 0.29) is 36.1 Å². The second-order valence-corrected chi connectivity index (χ2v) is 8.54. The van der Waals surface area contributed by atoms with Crippen LogP contribution in [0.4, 0.5) is 4.39 Å². The van der Waals surface area contributed by atoms with Crippen LogP contribution < -0.4 is 11.1 Å². The first kappa shape index (κ1) is 21.8. The lowest BCUT2D eigenvalue weighted by atomic mass is 9.74. The summed E-state index contributed by atoms with van der Waals surface area (Å²) in [6.07, 6.45) is 3.86. The van der Waals surface area contributed by atoms with Crippen LogP contribution in [-0.2, 0) is 4.79 Å². The monoisotopic (exact) mass is 411 g/mol. The fraction of sp³-hybridized carbons (Fsp3) is 0.500. The average Bonchev–Trinajstić information content (AvgIpc) is 2.97. The molecule has 1 aromatic carbocycles. The van der Waals surface area contributed by atoms with Crippen molar-refractivity contribution >= 4 is 29.7 Å². The van der Waals surface area contributed by atoms with Gasteiger partial charge in [-0.1, -0.05) is 12.8 Å². The minimum atomic E-state index is -0.440. The van der Waals surface area contributed by atoms with E-state index in [0.29, 0.717) is 0 Å².